The van der Waals surface area contributed by atoms with E-state index >= 15 is 0 Å². The monoisotopic (exact) mass is 342 g/mol. The summed E-state index contributed by atoms with van der Waals surface area (Å²) in [6.07, 6.45) is 0.0373. The highest BCUT2D eigenvalue weighted by Crippen LogP contribution is 2.13. The number of carbonyl (C=O) groups is 2. The minimum atomic E-state index is -1.13. The molecule has 130 valence electrons. The van der Waals surface area contributed by atoms with Crippen molar-refractivity contribution in [3.8, 4) is 0 Å². The summed E-state index contributed by atoms with van der Waals surface area (Å²) in [5.41, 5.74) is 2.20. The number of aryl methyl sites for hydroxylation is 1. The average molecular weight is 342 g/mol. The van der Waals surface area contributed by atoms with Crippen LogP contribution in [-0.4, -0.2) is 27.9 Å². The highest BCUT2D eigenvalue weighted by atomic mass is 16.6. The van der Waals surface area contributed by atoms with Gasteiger partial charge in [0.25, 0.3) is 5.69 Å². The van der Waals surface area contributed by atoms with Crippen LogP contribution in [0.5, 0.6) is 0 Å². The van der Waals surface area contributed by atoms with Gasteiger partial charge in [0.05, 0.1) is 11.3 Å². The van der Waals surface area contributed by atoms with Gasteiger partial charge < -0.3 is 10.4 Å². The van der Waals surface area contributed by atoms with E-state index in [2.05, 4.69) is 5.32 Å². The molecule has 0 aliphatic rings. The molecule has 0 aromatic heterocycles. The zero-order valence-electron chi connectivity index (χ0n) is 13.6. The fourth-order valence-electron chi connectivity index (χ4n) is 2.37. The van der Waals surface area contributed by atoms with Crippen molar-refractivity contribution in [2.45, 2.75) is 25.8 Å². The minimum Gasteiger partial charge on any atom is -0.480 e. The zero-order chi connectivity index (χ0) is 18.4. The number of carboxylic acid groups (broad SMARTS) is 1. The molecular weight excluding hydrogens is 324 g/mol. The normalized spacial score (nSPS) is 11.6. The summed E-state index contributed by atoms with van der Waals surface area (Å²) in [4.78, 5) is 33.7. The number of carboxylic acids is 1. The number of non-ortho nitro benzene ring substituents is 1. The van der Waals surface area contributed by atoms with Crippen LogP contribution in [-0.2, 0) is 22.4 Å². The smallest absolute Gasteiger partial charge is 0.326 e. The van der Waals surface area contributed by atoms with E-state index in [1.807, 2.05) is 31.2 Å². The number of nitro benzene ring substituents is 1. The quantitative estimate of drug-likeness (QED) is 0.592. The Morgan fingerprint density at radius 1 is 1.16 bits per heavy atom. The molecule has 2 aromatic rings. The molecule has 1 atom stereocenters. The summed E-state index contributed by atoms with van der Waals surface area (Å²) in [5.74, 6) is -1.63. The van der Waals surface area contributed by atoms with Gasteiger partial charge in [-0.3, -0.25) is 14.9 Å². The molecule has 1 amide bonds. The lowest BCUT2D eigenvalue weighted by Crippen LogP contribution is -2.43. The molecular formula is C18H18N2O5. The molecule has 0 unspecified atom stereocenters. The number of carbonyl (C=O) groups excluding carboxylic acids is 1. The third-order valence-electron chi connectivity index (χ3n) is 3.68. The summed E-state index contributed by atoms with van der Waals surface area (Å²) in [6, 6.07) is 12.0. The Morgan fingerprint density at radius 2 is 1.84 bits per heavy atom. The molecule has 0 aliphatic carbocycles. The van der Waals surface area contributed by atoms with Crippen molar-refractivity contribution in [3.05, 3.63) is 75.3 Å². The second kappa shape index (κ2) is 8.05. The minimum absolute atomic E-state index is 0.111. The van der Waals surface area contributed by atoms with Crippen LogP contribution in [0.25, 0.3) is 0 Å². The van der Waals surface area contributed by atoms with Crippen molar-refractivity contribution in [3.63, 3.8) is 0 Å². The van der Waals surface area contributed by atoms with Gasteiger partial charge in [-0.25, -0.2) is 4.79 Å². The summed E-state index contributed by atoms with van der Waals surface area (Å²) >= 11 is 0. The topological polar surface area (TPSA) is 110 Å². The van der Waals surface area contributed by atoms with Gasteiger partial charge in [-0.2, -0.15) is 0 Å². The van der Waals surface area contributed by atoms with Gasteiger partial charge in [0, 0.05) is 18.6 Å². The number of hydrogen-bond acceptors (Lipinski definition) is 4. The van der Waals surface area contributed by atoms with E-state index in [9.17, 15) is 24.8 Å². The Morgan fingerprint density at radius 3 is 2.44 bits per heavy atom. The van der Waals surface area contributed by atoms with Crippen molar-refractivity contribution < 1.29 is 19.6 Å². The largest absolute Gasteiger partial charge is 0.480 e. The Bertz CT molecular complexity index is 786. The molecule has 0 aliphatic heterocycles. The van der Waals surface area contributed by atoms with Gasteiger partial charge in [-0.05, 0) is 18.1 Å². The van der Waals surface area contributed by atoms with E-state index < -0.39 is 22.8 Å². The number of nitrogens with zero attached hydrogens (tertiary/aromatic N) is 1. The van der Waals surface area contributed by atoms with Gasteiger partial charge in [-0.1, -0.05) is 42.0 Å². The SMILES string of the molecule is Cc1ccc(C[C@@H](NC(=O)Cc2cccc([N+](=O)[O-])c2)C(=O)O)cc1. The first-order chi connectivity index (χ1) is 11.8. The van der Waals surface area contributed by atoms with Crippen LogP contribution >= 0.6 is 0 Å². The van der Waals surface area contributed by atoms with E-state index in [1.54, 1.807) is 6.07 Å². The van der Waals surface area contributed by atoms with Gasteiger partial charge in [0.15, 0.2) is 0 Å². The predicted molar refractivity (Wildman–Crippen MR) is 91.2 cm³/mol. The molecule has 7 nitrogen and oxygen atoms in total. The maximum absolute atomic E-state index is 12.1. The molecule has 0 saturated heterocycles. The fourth-order valence-corrected chi connectivity index (χ4v) is 2.37. The van der Waals surface area contributed by atoms with Crippen molar-refractivity contribution in [2.24, 2.45) is 0 Å². The van der Waals surface area contributed by atoms with Gasteiger partial charge in [0.1, 0.15) is 6.04 Å². The average Bonchev–Trinajstić information content (AvgIpc) is 2.56. The number of nitrogens with one attached hydrogen (secondary N) is 1. The van der Waals surface area contributed by atoms with Gasteiger partial charge >= 0.3 is 5.97 Å². The first kappa shape index (κ1) is 18.1. The van der Waals surface area contributed by atoms with Crippen LogP contribution in [0.4, 0.5) is 5.69 Å². The summed E-state index contributed by atoms with van der Waals surface area (Å²) in [5, 5.41) is 22.5. The zero-order valence-corrected chi connectivity index (χ0v) is 13.6. The molecule has 7 heteroatoms. The molecule has 0 fully saturated rings. The molecule has 0 radical (unpaired) electrons. The highest BCUT2D eigenvalue weighted by molar-refractivity contribution is 5.85. The lowest BCUT2D eigenvalue weighted by Gasteiger charge is -2.15. The fraction of sp³-hybridized carbons (Fsp3) is 0.222. The van der Waals surface area contributed by atoms with E-state index in [0.29, 0.717) is 5.56 Å². The first-order valence-corrected chi connectivity index (χ1v) is 7.66. The van der Waals surface area contributed by atoms with Crippen LogP contribution in [0.1, 0.15) is 16.7 Å². The molecule has 0 saturated carbocycles. The number of rotatable bonds is 7. The van der Waals surface area contributed by atoms with Crippen LogP contribution in [0.3, 0.4) is 0 Å². The molecule has 2 aromatic carbocycles. The van der Waals surface area contributed by atoms with E-state index in [1.165, 1.54) is 18.2 Å². The Kier molecular flexibility index (Phi) is 5.84. The maximum Gasteiger partial charge on any atom is 0.326 e. The first-order valence-electron chi connectivity index (χ1n) is 7.66. The van der Waals surface area contributed by atoms with Crippen LogP contribution in [0.15, 0.2) is 48.5 Å². The lowest BCUT2D eigenvalue weighted by molar-refractivity contribution is -0.384. The van der Waals surface area contributed by atoms with Crippen LogP contribution < -0.4 is 5.32 Å². The highest BCUT2D eigenvalue weighted by Gasteiger charge is 2.20. The van der Waals surface area contributed by atoms with Crippen LogP contribution in [0, 0.1) is 17.0 Å². The van der Waals surface area contributed by atoms with E-state index in [-0.39, 0.29) is 18.5 Å². The molecule has 2 N–H and O–H groups in total. The molecule has 2 rings (SSSR count). The second-order valence-corrected chi connectivity index (χ2v) is 5.75. The molecule has 0 spiro atoms. The van der Waals surface area contributed by atoms with Crippen LogP contribution in [0.2, 0.25) is 0 Å². The second-order valence-electron chi connectivity index (χ2n) is 5.75. The lowest BCUT2D eigenvalue weighted by atomic mass is 10.0. The molecule has 0 bridgehead atoms. The van der Waals surface area contributed by atoms with E-state index in [4.69, 9.17) is 0 Å². The van der Waals surface area contributed by atoms with E-state index in [0.717, 1.165) is 11.1 Å². The van der Waals surface area contributed by atoms with Gasteiger partial charge in [-0.15, -0.1) is 0 Å². The Balaban J connectivity index is 2.02. The number of amides is 1. The number of hydrogen-bond donors (Lipinski definition) is 2. The third kappa shape index (κ3) is 5.42. The number of aliphatic carboxylic acids is 1. The Labute approximate surface area is 144 Å². The van der Waals surface area contributed by atoms with Gasteiger partial charge in [0.2, 0.25) is 5.91 Å². The maximum atomic E-state index is 12.1. The Hall–Kier alpha value is -3.22. The third-order valence-corrected chi connectivity index (χ3v) is 3.68. The number of benzene rings is 2. The molecule has 25 heavy (non-hydrogen) atoms. The predicted octanol–water partition coefficient (Wildman–Crippen LogP) is 2.26. The molecule has 0 heterocycles. The number of nitro groups is 1. The van der Waals surface area contributed by atoms with Crippen molar-refractivity contribution >= 4 is 17.6 Å². The standard InChI is InChI=1S/C18H18N2O5/c1-12-5-7-13(8-6-12)10-16(18(22)23)19-17(21)11-14-3-2-4-15(9-14)20(24)25/h2-9,16H,10-11H2,1H3,(H,19,21)(H,22,23)/t16-/m1/s1. The summed E-state index contributed by atoms with van der Waals surface area (Å²) in [7, 11) is 0. The van der Waals surface area contributed by atoms with Crippen molar-refractivity contribution in [1.29, 1.82) is 0 Å². The van der Waals surface area contributed by atoms with Crippen molar-refractivity contribution in [2.75, 3.05) is 0 Å². The summed E-state index contributed by atoms with van der Waals surface area (Å²) in [6.45, 7) is 1.93. The van der Waals surface area contributed by atoms with Crippen molar-refractivity contribution in [1.82, 2.24) is 5.32 Å². The summed E-state index contributed by atoms with van der Waals surface area (Å²) < 4.78 is 0.